The number of nitrogens with two attached hydrogens (primary N) is 1. The van der Waals surface area contributed by atoms with Gasteiger partial charge in [-0.1, -0.05) is 29.5 Å². The Kier molecular flexibility index (Phi) is 5.29. The fraction of sp³-hybridized carbons (Fsp3) is 0.350. The van der Waals surface area contributed by atoms with E-state index in [-0.39, 0.29) is 5.91 Å². The first-order chi connectivity index (χ1) is 13.1. The zero-order chi connectivity index (χ0) is 20.8. The van der Waals surface area contributed by atoms with Crippen LogP contribution >= 0.6 is 23.1 Å². The lowest BCUT2D eigenvalue weighted by atomic mass is 9.96. The first kappa shape index (κ1) is 20.4. The highest BCUT2D eigenvalue weighted by molar-refractivity contribution is 8.03. The molecule has 2 heterocycles. The summed E-state index contributed by atoms with van der Waals surface area (Å²) in [6.07, 6.45) is 0. The molecule has 0 saturated heterocycles. The van der Waals surface area contributed by atoms with Crippen LogP contribution in [0.1, 0.15) is 49.6 Å². The number of carbonyl (C=O) groups excluding carboxylic acids is 2. The first-order valence-electron chi connectivity index (χ1n) is 8.86. The van der Waals surface area contributed by atoms with E-state index in [2.05, 4.69) is 10.3 Å². The Bertz CT molecular complexity index is 989. The van der Waals surface area contributed by atoms with Gasteiger partial charge in [-0.3, -0.25) is 9.69 Å². The Morgan fingerprint density at radius 2 is 1.71 bits per heavy atom. The van der Waals surface area contributed by atoms with E-state index < -0.39 is 11.0 Å². The molecule has 1 aliphatic rings. The number of nitrogens with one attached hydrogen (secondary N) is 1. The SMILES string of the molecule is CC1=CSC(NC(=O)c2sc(C)nc2C)(c2c(C)cc(C)cc2C)N1C(N)=O. The van der Waals surface area contributed by atoms with Crippen LogP contribution in [0.25, 0.3) is 0 Å². The molecule has 0 radical (unpaired) electrons. The molecule has 0 fully saturated rings. The van der Waals surface area contributed by atoms with Crippen LogP contribution in [0.2, 0.25) is 0 Å². The second-order valence-electron chi connectivity index (χ2n) is 7.07. The maximum Gasteiger partial charge on any atom is 0.321 e. The van der Waals surface area contributed by atoms with Crippen molar-refractivity contribution in [2.75, 3.05) is 0 Å². The normalized spacial score (nSPS) is 18.9. The van der Waals surface area contributed by atoms with Gasteiger partial charge in [0.15, 0.2) is 0 Å². The zero-order valence-corrected chi connectivity index (χ0v) is 18.5. The lowest BCUT2D eigenvalue weighted by Crippen LogP contribution is -2.57. The monoisotopic (exact) mass is 416 g/mol. The molecule has 1 atom stereocenters. The average Bonchev–Trinajstić information content (AvgIpc) is 3.06. The molecule has 148 valence electrons. The first-order valence-corrected chi connectivity index (χ1v) is 10.6. The fourth-order valence-corrected chi connectivity index (χ4v) is 6.03. The van der Waals surface area contributed by atoms with Crippen LogP contribution in [0, 0.1) is 34.6 Å². The Morgan fingerprint density at radius 3 is 2.21 bits per heavy atom. The topological polar surface area (TPSA) is 88.3 Å². The number of nitrogens with zero attached hydrogens (tertiary/aromatic N) is 2. The third-order valence-corrected chi connectivity index (χ3v) is 7.06. The molecule has 6 nitrogen and oxygen atoms in total. The van der Waals surface area contributed by atoms with E-state index in [9.17, 15) is 9.59 Å². The van der Waals surface area contributed by atoms with Crippen molar-refractivity contribution < 1.29 is 9.59 Å². The van der Waals surface area contributed by atoms with E-state index in [0.29, 0.717) is 16.3 Å². The molecule has 0 saturated carbocycles. The van der Waals surface area contributed by atoms with E-state index in [1.807, 2.05) is 59.1 Å². The van der Waals surface area contributed by atoms with Crippen molar-refractivity contribution in [3.8, 4) is 0 Å². The zero-order valence-electron chi connectivity index (χ0n) is 16.8. The molecule has 1 aromatic carbocycles. The number of thioether (sulfide) groups is 1. The Hall–Kier alpha value is -2.32. The number of urea groups is 1. The molecule has 0 bridgehead atoms. The van der Waals surface area contributed by atoms with Gasteiger partial charge in [-0.25, -0.2) is 9.78 Å². The second kappa shape index (κ2) is 7.25. The van der Waals surface area contributed by atoms with E-state index in [0.717, 1.165) is 27.3 Å². The smallest absolute Gasteiger partial charge is 0.321 e. The van der Waals surface area contributed by atoms with Gasteiger partial charge in [0, 0.05) is 11.3 Å². The van der Waals surface area contributed by atoms with Crippen LogP contribution in [0.3, 0.4) is 0 Å². The number of rotatable bonds is 3. The standard InChI is InChI=1S/C20H24N4O2S2/c1-10-7-11(2)16(12(3)8-10)20(24(19(21)26)13(4)9-27-20)23-18(25)17-14(5)22-15(6)28-17/h7-9H,1-6H3,(H2,21,26)(H,23,25). The summed E-state index contributed by atoms with van der Waals surface area (Å²) in [7, 11) is 0. The second-order valence-corrected chi connectivity index (χ2v) is 9.34. The van der Waals surface area contributed by atoms with E-state index >= 15 is 0 Å². The lowest BCUT2D eigenvalue weighted by molar-refractivity contribution is 0.0880. The van der Waals surface area contributed by atoms with E-state index in [4.69, 9.17) is 5.73 Å². The van der Waals surface area contributed by atoms with Gasteiger partial charge in [0.1, 0.15) is 4.88 Å². The molecule has 0 spiro atoms. The molecule has 28 heavy (non-hydrogen) atoms. The molecule has 2 aromatic rings. The number of primary amides is 1. The molecule has 8 heteroatoms. The maximum atomic E-state index is 13.2. The highest BCUT2D eigenvalue weighted by Crippen LogP contribution is 2.48. The number of aryl methyl sites for hydroxylation is 5. The number of benzene rings is 1. The van der Waals surface area contributed by atoms with Crippen molar-refractivity contribution >= 4 is 35.0 Å². The molecule has 1 aromatic heterocycles. The average molecular weight is 417 g/mol. The highest BCUT2D eigenvalue weighted by Gasteiger charge is 2.49. The van der Waals surface area contributed by atoms with Crippen molar-refractivity contribution in [1.82, 2.24) is 15.2 Å². The summed E-state index contributed by atoms with van der Waals surface area (Å²) in [6.45, 7) is 11.5. The molecule has 0 aliphatic carbocycles. The fourth-order valence-electron chi connectivity index (χ4n) is 3.84. The summed E-state index contributed by atoms with van der Waals surface area (Å²) in [5.41, 5.74) is 11.1. The number of hydrogen-bond acceptors (Lipinski definition) is 5. The van der Waals surface area contributed by atoms with Crippen LogP contribution in [-0.2, 0) is 4.99 Å². The molecule has 1 unspecified atom stereocenters. The predicted molar refractivity (Wildman–Crippen MR) is 114 cm³/mol. The Morgan fingerprint density at radius 1 is 1.11 bits per heavy atom. The van der Waals surface area contributed by atoms with Crippen LogP contribution in [0.15, 0.2) is 23.2 Å². The summed E-state index contributed by atoms with van der Waals surface area (Å²) in [6, 6.07) is 3.48. The van der Waals surface area contributed by atoms with Crippen LogP contribution < -0.4 is 11.1 Å². The molecule has 3 N–H and O–H groups in total. The van der Waals surface area contributed by atoms with Crippen molar-refractivity contribution in [2.24, 2.45) is 5.73 Å². The maximum absolute atomic E-state index is 13.2. The number of aromatic nitrogens is 1. The van der Waals surface area contributed by atoms with Crippen LogP contribution in [0.4, 0.5) is 4.79 Å². The van der Waals surface area contributed by atoms with Gasteiger partial charge in [-0.15, -0.1) is 11.3 Å². The van der Waals surface area contributed by atoms with Crippen LogP contribution in [-0.4, -0.2) is 21.8 Å². The quantitative estimate of drug-likeness (QED) is 0.784. The summed E-state index contributed by atoms with van der Waals surface area (Å²) < 4.78 is 0. The number of amides is 3. The Labute approximate surface area is 173 Å². The number of carbonyl (C=O) groups is 2. The number of thiazole rings is 1. The predicted octanol–water partition coefficient (Wildman–Crippen LogP) is 4.21. The summed E-state index contributed by atoms with van der Waals surface area (Å²) >= 11 is 2.71. The molecule has 3 amide bonds. The third kappa shape index (κ3) is 3.31. The minimum Gasteiger partial charge on any atom is -0.351 e. The van der Waals surface area contributed by atoms with Crippen molar-refractivity contribution in [3.63, 3.8) is 0 Å². The summed E-state index contributed by atoms with van der Waals surface area (Å²) in [4.78, 5) is 30.8. The molecular weight excluding hydrogens is 392 g/mol. The van der Waals surface area contributed by atoms with Gasteiger partial charge < -0.3 is 11.1 Å². The van der Waals surface area contributed by atoms with Crippen LogP contribution in [0.5, 0.6) is 0 Å². The van der Waals surface area contributed by atoms with Gasteiger partial charge in [0.25, 0.3) is 5.91 Å². The van der Waals surface area contributed by atoms with E-state index in [1.165, 1.54) is 28.0 Å². The third-order valence-electron chi connectivity index (χ3n) is 4.70. The van der Waals surface area contributed by atoms with Crippen molar-refractivity contribution in [2.45, 2.75) is 46.5 Å². The molecule has 3 rings (SSSR count). The highest BCUT2D eigenvalue weighted by atomic mass is 32.2. The number of hydrogen-bond donors (Lipinski definition) is 2. The minimum absolute atomic E-state index is 0.274. The van der Waals surface area contributed by atoms with Gasteiger partial charge in [-0.2, -0.15) is 0 Å². The Balaban J connectivity index is 2.18. The largest absolute Gasteiger partial charge is 0.351 e. The van der Waals surface area contributed by atoms with Gasteiger partial charge in [0.2, 0.25) is 4.99 Å². The lowest BCUT2D eigenvalue weighted by Gasteiger charge is -2.40. The van der Waals surface area contributed by atoms with Crippen molar-refractivity contribution in [3.05, 3.63) is 61.1 Å². The van der Waals surface area contributed by atoms with Gasteiger partial charge in [-0.05, 0) is 58.1 Å². The van der Waals surface area contributed by atoms with Gasteiger partial charge >= 0.3 is 6.03 Å². The van der Waals surface area contributed by atoms with Gasteiger partial charge in [0.05, 0.1) is 10.7 Å². The van der Waals surface area contributed by atoms with Crippen molar-refractivity contribution in [1.29, 1.82) is 0 Å². The van der Waals surface area contributed by atoms with E-state index in [1.54, 1.807) is 0 Å². The molecular formula is C20H24N4O2S2. The molecule has 1 aliphatic heterocycles. The summed E-state index contributed by atoms with van der Waals surface area (Å²) in [5.74, 6) is -0.274. The number of allylic oxidation sites excluding steroid dienone is 1. The summed E-state index contributed by atoms with van der Waals surface area (Å²) in [5, 5.41) is 5.78. The minimum atomic E-state index is -1.14.